The maximum Gasteiger partial charge on any atom is 0.243 e. The SMILES string of the molecule is COc1ccc(CC(=O)N(Cc2cccc(C)c2)[C@@H](Cc2ccccc2)C(=O)NC(C)C)cc1. The smallest absolute Gasteiger partial charge is 0.243 e. The van der Waals surface area contributed by atoms with E-state index in [1.54, 1.807) is 12.0 Å². The predicted octanol–water partition coefficient (Wildman–Crippen LogP) is 4.71. The summed E-state index contributed by atoms with van der Waals surface area (Å²) < 4.78 is 5.24. The van der Waals surface area contributed by atoms with Crippen molar-refractivity contribution in [3.05, 3.63) is 101 Å². The summed E-state index contributed by atoms with van der Waals surface area (Å²) in [5, 5.41) is 3.03. The third-order valence-electron chi connectivity index (χ3n) is 5.65. The Labute approximate surface area is 202 Å². The van der Waals surface area contributed by atoms with Crippen molar-refractivity contribution >= 4 is 11.8 Å². The van der Waals surface area contributed by atoms with Gasteiger partial charge in [0.05, 0.1) is 13.5 Å². The Hall–Kier alpha value is -3.60. The van der Waals surface area contributed by atoms with Gasteiger partial charge >= 0.3 is 0 Å². The quantitative estimate of drug-likeness (QED) is 0.479. The summed E-state index contributed by atoms with van der Waals surface area (Å²) in [5.74, 6) is 0.507. The largest absolute Gasteiger partial charge is 0.497 e. The van der Waals surface area contributed by atoms with E-state index in [4.69, 9.17) is 4.74 Å². The van der Waals surface area contributed by atoms with Gasteiger partial charge in [0.15, 0.2) is 0 Å². The van der Waals surface area contributed by atoms with Gasteiger partial charge in [0.2, 0.25) is 11.8 Å². The fourth-order valence-corrected chi connectivity index (χ4v) is 3.96. The zero-order valence-corrected chi connectivity index (χ0v) is 20.5. The van der Waals surface area contributed by atoms with E-state index in [0.29, 0.717) is 13.0 Å². The average molecular weight is 459 g/mol. The van der Waals surface area contributed by atoms with Crippen molar-refractivity contribution in [1.29, 1.82) is 0 Å². The van der Waals surface area contributed by atoms with Gasteiger partial charge in [-0.1, -0.05) is 72.3 Å². The van der Waals surface area contributed by atoms with E-state index >= 15 is 0 Å². The highest BCUT2D eigenvalue weighted by atomic mass is 16.5. The van der Waals surface area contributed by atoms with E-state index in [0.717, 1.165) is 28.0 Å². The molecule has 0 saturated heterocycles. The first-order chi connectivity index (χ1) is 16.4. The van der Waals surface area contributed by atoms with Crippen molar-refractivity contribution in [3.8, 4) is 5.75 Å². The molecule has 34 heavy (non-hydrogen) atoms. The average Bonchev–Trinajstić information content (AvgIpc) is 2.82. The Kier molecular flexibility index (Phi) is 8.86. The first-order valence-corrected chi connectivity index (χ1v) is 11.7. The summed E-state index contributed by atoms with van der Waals surface area (Å²) in [4.78, 5) is 28.8. The molecule has 2 amide bonds. The standard InChI is InChI=1S/C29H34N2O3/c1-21(2)30-29(33)27(18-23-10-6-5-7-11-23)31(20-25-12-8-9-22(3)17-25)28(32)19-24-13-15-26(34-4)16-14-24/h5-17,21,27H,18-20H2,1-4H3,(H,30,33)/t27-/m0/s1. The topological polar surface area (TPSA) is 58.6 Å². The maximum atomic E-state index is 13.7. The number of nitrogens with one attached hydrogen (secondary N) is 1. The van der Waals surface area contributed by atoms with Gasteiger partial charge in [0.1, 0.15) is 11.8 Å². The molecule has 0 spiro atoms. The summed E-state index contributed by atoms with van der Waals surface area (Å²) in [6.45, 7) is 6.25. The predicted molar refractivity (Wildman–Crippen MR) is 136 cm³/mol. The molecule has 3 aromatic carbocycles. The Balaban J connectivity index is 1.95. The second-order valence-corrected chi connectivity index (χ2v) is 8.90. The summed E-state index contributed by atoms with van der Waals surface area (Å²) in [7, 11) is 1.62. The molecule has 0 bridgehead atoms. The summed E-state index contributed by atoms with van der Waals surface area (Å²) >= 11 is 0. The molecule has 1 N–H and O–H groups in total. The lowest BCUT2D eigenvalue weighted by atomic mass is 10.0. The number of ether oxygens (including phenoxy) is 1. The summed E-state index contributed by atoms with van der Waals surface area (Å²) in [6, 6.07) is 24.7. The fourth-order valence-electron chi connectivity index (χ4n) is 3.96. The summed E-state index contributed by atoms with van der Waals surface area (Å²) in [6.07, 6.45) is 0.648. The number of hydrogen-bond donors (Lipinski definition) is 1. The number of methoxy groups -OCH3 is 1. The van der Waals surface area contributed by atoms with Crippen molar-refractivity contribution < 1.29 is 14.3 Å². The number of aryl methyl sites for hydroxylation is 1. The van der Waals surface area contributed by atoms with Crippen LogP contribution in [0.25, 0.3) is 0 Å². The Morgan fingerprint density at radius 3 is 2.18 bits per heavy atom. The molecule has 0 saturated carbocycles. The van der Waals surface area contributed by atoms with Gasteiger partial charge in [-0.15, -0.1) is 0 Å². The Bertz CT molecular complexity index is 1080. The third kappa shape index (κ3) is 7.20. The molecule has 0 aliphatic carbocycles. The van der Waals surface area contributed by atoms with Gasteiger partial charge in [-0.25, -0.2) is 0 Å². The van der Waals surface area contributed by atoms with Crippen LogP contribution in [-0.2, 0) is 29.0 Å². The first kappa shape index (κ1) is 25.0. The minimum absolute atomic E-state index is 0.0247. The van der Waals surface area contributed by atoms with Gasteiger partial charge in [0, 0.05) is 19.0 Å². The van der Waals surface area contributed by atoms with E-state index in [9.17, 15) is 9.59 Å². The van der Waals surface area contributed by atoms with Crippen molar-refractivity contribution in [2.75, 3.05) is 7.11 Å². The monoisotopic (exact) mass is 458 g/mol. The molecule has 3 aromatic rings. The van der Waals surface area contributed by atoms with Gasteiger partial charge in [-0.2, -0.15) is 0 Å². The highest BCUT2D eigenvalue weighted by Crippen LogP contribution is 2.18. The molecular formula is C29H34N2O3. The fraction of sp³-hybridized carbons (Fsp3) is 0.310. The lowest BCUT2D eigenvalue weighted by Crippen LogP contribution is -2.52. The van der Waals surface area contributed by atoms with Crippen LogP contribution in [0.5, 0.6) is 5.75 Å². The number of nitrogens with zero attached hydrogens (tertiary/aromatic N) is 1. The molecule has 5 nitrogen and oxygen atoms in total. The first-order valence-electron chi connectivity index (χ1n) is 11.7. The molecule has 0 unspecified atom stereocenters. The minimum atomic E-state index is -0.629. The summed E-state index contributed by atoms with van der Waals surface area (Å²) in [5.41, 5.74) is 4.01. The number of carbonyl (C=O) groups excluding carboxylic acids is 2. The van der Waals surface area contributed by atoms with E-state index in [-0.39, 0.29) is 24.3 Å². The highest BCUT2D eigenvalue weighted by molar-refractivity contribution is 5.89. The van der Waals surface area contributed by atoms with Crippen molar-refractivity contribution in [2.45, 2.75) is 52.2 Å². The lowest BCUT2D eigenvalue weighted by Gasteiger charge is -2.32. The van der Waals surface area contributed by atoms with Crippen LogP contribution in [0.3, 0.4) is 0 Å². The van der Waals surface area contributed by atoms with E-state index in [2.05, 4.69) is 11.4 Å². The molecule has 178 valence electrons. The van der Waals surface area contributed by atoms with Gasteiger partial charge < -0.3 is 15.0 Å². The van der Waals surface area contributed by atoms with E-state index < -0.39 is 6.04 Å². The van der Waals surface area contributed by atoms with Gasteiger partial charge in [-0.05, 0) is 49.6 Å². The molecule has 0 aromatic heterocycles. The van der Waals surface area contributed by atoms with Gasteiger partial charge in [-0.3, -0.25) is 9.59 Å². The number of benzene rings is 3. The molecule has 5 heteroatoms. The highest BCUT2D eigenvalue weighted by Gasteiger charge is 2.30. The molecule has 1 atom stereocenters. The third-order valence-corrected chi connectivity index (χ3v) is 5.65. The van der Waals surface area contributed by atoms with Crippen molar-refractivity contribution in [3.63, 3.8) is 0 Å². The van der Waals surface area contributed by atoms with Crippen molar-refractivity contribution in [1.82, 2.24) is 10.2 Å². The second kappa shape index (κ2) is 12.0. The van der Waals surface area contributed by atoms with Crippen LogP contribution in [-0.4, -0.2) is 35.9 Å². The second-order valence-electron chi connectivity index (χ2n) is 8.90. The maximum absolute atomic E-state index is 13.7. The Morgan fingerprint density at radius 1 is 0.882 bits per heavy atom. The minimum Gasteiger partial charge on any atom is -0.497 e. The normalized spacial score (nSPS) is 11.7. The molecule has 3 rings (SSSR count). The van der Waals surface area contributed by atoms with Crippen LogP contribution in [0.2, 0.25) is 0 Å². The van der Waals surface area contributed by atoms with Crippen LogP contribution in [0.15, 0.2) is 78.9 Å². The molecule has 0 fully saturated rings. The van der Waals surface area contributed by atoms with Crippen LogP contribution in [0.4, 0.5) is 0 Å². The molecule has 0 heterocycles. The molecule has 0 aliphatic rings. The molecule has 0 radical (unpaired) electrons. The van der Waals surface area contributed by atoms with E-state index in [1.807, 2.05) is 93.6 Å². The number of rotatable bonds is 10. The molecule has 0 aliphatic heterocycles. The number of hydrogen-bond acceptors (Lipinski definition) is 3. The molecular weight excluding hydrogens is 424 g/mol. The number of carbonyl (C=O) groups is 2. The van der Waals surface area contributed by atoms with Gasteiger partial charge in [0.25, 0.3) is 0 Å². The van der Waals surface area contributed by atoms with Crippen LogP contribution >= 0.6 is 0 Å². The zero-order chi connectivity index (χ0) is 24.5. The van der Waals surface area contributed by atoms with E-state index in [1.165, 1.54) is 0 Å². The van der Waals surface area contributed by atoms with Crippen LogP contribution in [0.1, 0.15) is 36.1 Å². The van der Waals surface area contributed by atoms with Crippen LogP contribution in [0, 0.1) is 6.92 Å². The van der Waals surface area contributed by atoms with Crippen LogP contribution < -0.4 is 10.1 Å². The zero-order valence-electron chi connectivity index (χ0n) is 20.5. The lowest BCUT2D eigenvalue weighted by molar-refractivity contribution is -0.141. The van der Waals surface area contributed by atoms with Crippen molar-refractivity contribution in [2.24, 2.45) is 0 Å². The Morgan fingerprint density at radius 2 is 1.56 bits per heavy atom. The number of amides is 2.